The maximum Gasteiger partial charge on any atom is 0.0678 e. The molecule has 848 valence electrons. The maximum atomic E-state index is 5.83. The number of morpholine rings is 2. The van der Waals surface area contributed by atoms with Gasteiger partial charge in [-0.2, -0.15) is 0 Å². The molecule has 147 heavy (non-hydrogen) atoms. The number of fused-ring (bicyclic) bond motifs is 1. The number of piperidine rings is 5. The molecule has 1 N–H and O–H groups in total. The molecule has 18 rings (SSSR count). The van der Waals surface area contributed by atoms with Crippen molar-refractivity contribution in [1.82, 2.24) is 88.9 Å². The number of hydrogen-bond donors (Lipinski definition) is 1. The number of aromatic nitrogens is 3. The molecule has 3 aromatic rings. The zero-order valence-corrected chi connectivity index (χ0v) is 104. The summed E-state index contributed by atoms with van der Waals surface area (Å²) >= 11 is 0. The van der Waals surface area contributed by atoms with E-state index in [2.05, 4.69) is 389 Å². The van der Waals surface area contributed by atoms with Crippen LogP contribution >= 0.6 is 0 Å². The highest BCUT2D eigenvalue weighted by atomic mass is 16.5. The lowest BCUT2D eigenvalue weighted by Gasteiger charge is -2.57. The van der Waals surface area contributed by atoms with Crippen LogP contribution in [0.4, 0.5) is 0 Å². The highest BCUT2D eigenvalue weighted by Gasteiger charge is 2.52. The predicted octanol–water partition coefficient (Wildman–Crippen LogP) is 24.2. The molecule has 3 aromatic heterocycles. The van der Waals surface area contributed by atoms with E-state index in [4.69, 9.17) is 9.47 Å². The lowest BCUT2D eigenvalue weighted by atomic mass is 9.75. The monoisotopic (exact) mass is 2050 g/mol. The summed E-state index contributed by atoms with van der Waals surface area (Å²) in [7, 11) is 6.59. The average Bonchev–Trinajstić information content (AvgIpc) is 1.62. The fourth-order valence-electron chi connectivity index (χ4n) is 26.5. The van der Waals surface area contributed by atoms with Gasteiger partial charge in [0.15, 0.2) is 0 Å². The molecule has 0 radical (unpaired) electrons. The lowest BCUT2D eigenvalue weighted by Crippen LogP contribution is -2.70. The fraction of sp³-hybridized carbons (Fsp3) is 0.882. The molecule has 20 heteroatoms. The molecule has 1 aliphatic carbocycles. The van der Waals surface area contributed by atoms with Crippen molar-refractivity contribution in [1.29, 1.82) is 0 Å². The lowest BCUT2D eigenvalue weighted by molar-refractivity contribution is -0.0887. The third kappa shape index (κ3) is 41.0. The van der Waals surface area contributed by atoms with Crippen LogP contribution in [0.25, 0.3) is 0 Å². The maximum absolute atomic E-state index is 5.83. The van der Waals surface area contributed by atoms with Crippen molar-refractivity contribution in [3.05, 3.63) is 90.3 Å². The van der Waals surface area contributed by atoms with Crippen LogP contribution in [0.1, 0.15) is 412 Å². The molecule has 1 spiro atoms. The van der Waals surface area contributed by atoms with Crippen molar-refractivity contribution in [2.24, 2.45) is 34.5 Å². The highest BCUT2D eigenvalue weighted by Crippen LogP contribution is 2.44. The molecule has 0 amide bonds. The van der Waals surface area contributed by atoms with Gasteiger partial charge in [0.05, 0.1) is 24.4 Å². The smallest absolute Gasteiger partial charge is 0.0678 e. The topological polar surface area (TPSA) is 115 Å². The van der Waals surface area contributed by atoms with Crippen molar-refractivity contribution in [2.45, 2.75) is 500 Å². The van der Waals surface area contributed by atoms with Gasteiger partial charge < -0.3 is 29.5 Å². The van der Waals surface area contributed by atoms with Crippen molar-refractivity contribution in [3.63, 3.8) is 0 Å². The highest BCUT2D eigenvalue weighted by molar-refractivity contribution is 5.20. The van der Waals surface area contributed by atoms with E-state index < -0.39 is 0 Å². The standard InChI is InChI=1S/2C15H30N2O.C14H22N2.C14H27N.2C13H20N2.C13H27N.2C11H22N2.C8H18N2/c2*1-12-10-16(11-13(2)18-12)14-6-8-17(9-7-14)15(3,4)5;1-14(2,3)16-10-7-12(8-11-16)13-6-4-5-9-15-13;1-14(2,3)12-8-10-15(11-9-12)13-6-4-5-7-13;1-13(2,3)15-9-6-12(10-15)11-4-7-14-8-5-11;1-13(2,3)15-10-4-5-12(15)11-6-8-14-9-7-11;1-11(2)10-14-8-6-12(7-9-14)13(3,4)5;1-11(2,3)13-7-9-5-6-12(4)10(9)8-13;1-10(2,3)13-8-11(9-13)6-5-7-12(11)4;1-8(2,3)10-5-7(6-10)9-4/h2*12-14H,6-11H2,1-5H3;4-6,9,12H,7-8,10-11H2,1-3H3;12-13H,4-11H2,1-3H3;4-5,7-8,12H,6,9-10H2,1-3H3;6-9,12H,4-5,10H2,1-3H3;11-12H,6-10H2,1-5H3;9-10H,5-8H2,1-4H3;5-9H2,1-4H3;7,9H,5-6H2,1-4H3/t12-,13+;12-,13-;;;;;;;;/m.0......../s1. The SMILES string of the molecule is CC(C)(C)C1CCN(C2CCCC2)CC1.CC(C)(C)N1CCC(c2ccccn2)CC1.CC(C)(C)N1CCC(c2ccncc2)C1.CC(C)(C)N1CCCC1c1ccncc1.CC(C)CN1CCC(C(C)(C)C)CC1.CN1CCC2CN(C(C)(C)C)CC21.CN1CCCC12CN(C(C)(C)C)C2.CNC1CN(C(C)(C)C)C1.C[C@@H]1CN(C2CCN(C(C)(C)C)CC2)C[C@H](C)O1.C[C@H]1CN(C2CCN(C(C)(C)C)CC2)C[C@H](C)O1. The Hall–Kier alpha value is -3.23. The van der Waals surface area contributed by atoms with Crippen LogP contribution in [-0.2, 0) is 9.47 Å². The van der Waals surface area contributed by atoms with Crippen molar-refractivity contribution < 1.29 is 9.47 Å². The second-order valence-corrected chi connectivity index (χ2v) is 59.0. The van der Waals surface area contributed by atoms with Gasteiger partial charge in [-0.05, 0) is 484 Å². The van der Waals surface area contributed by atoms with Gasteiger partial charge in [-0.15, -0.1) is 0 Å². The van der Waals surface area contributed by atoms with Gasteiger partial charge in [0.25, 0.3) is 0 Å². The molecular weight excluding hydrogens is 1810 g/mol. The minimum absolute atomic E-state index is 0.268. The van der Waals surface area contributed by atoms with Crippen LogP contribution in [-0.4, -0.2) is 379 Å². The first-order chi connectivity index (χ1) is 68.4. The van der Waals surface area contributed by atoms with Gasteiger partial charge in [-0.3, -0.25) is 68.9 Å². The summed E-state index contributed by atoms with van der Waals surface area (Å²) in [6.07, 6.45) is 38.5. The summed E-state index contributed by atoms with van der Waals surface area (Å²) < 4.78 is 11.7. The molecule has 15 fully saturated rings. The number of pyridine rings is 3. The van der Waals surface area contributed by atoms with Gasteiger partial charge in [0.2, 0.25) is 0 Å². The molecular formula is C127H238N18O2. The first kappa shape index (κ1) is 127. The van der Waals surface area contributed by atoms with Gasteiger partial charge in [-0.1, -0.05) is 74.3 Å². The van der Waals surface area contributed by atoms with E-state index in [0.29, 0.717) is 97.4 Å². The zero-order valence-electron chi connectivity index (χ0n) is 104. The predicted molar refractivity (Wildman–Crippen MR) is 630 cm³/mol. The van der Waals surface area contributed by atoms with Crippen LogP contribution < -0.4 is 5.32 Å². The minimum Gasteiger partial charge on any atom is -0.373 e. The normalized spacial score (nSPS) is 27.5. The van der Waals surface area contributed by atoms with E-state index in [0.717, 1.165) is 80.1 Å². The first-order valence-corrected chi connectivity index (χ1v) is 60.5. The summed E-state index contributed by atoms with van der Waals surface area (Å²) in [6.45, 7) is 115. The van der Waals surface area contributed by atoms with E-state index in [1.165, 1.54) is 289 Å². The zero-order chi connectivity index (χ0) is 109. The number of rotatable bonds is 9. The quantitative estimate of drug-likeness (QED) is 0.219. The van der Waals surface area contributed by atoms with E-state index in [9.17, 15) is 0 Å². The van der Waals surface area contributed by atoms with Crippen LogP contribution in [0, 0.1) is 34.5 Å². The molecule has 4 unspecified atom stereocenters. The second-order valence-electron chi connectivity index (χ2n) is 59.0. The molecule has 8 atom stereocenters. The second kappa shape index (κ2) is 56.3. The van der Waals surface area contributed by atoms with Gasteiger partial charge >= 0.3 is 0 Å². The van der Waals surface area contributed by atoms with E-state index in [1.54, 1.807) is 0 Å². The van der Waals surface area contributed by atoms with Crippen molar-refractivity contribution >= 4 is 0 Å². The van der Waals surface area contributed by atoms with Gasteiger partial charge in [-0.25, -0.2) is 0 Å². The third-order valence-corrected chi connectivity index (χ3v) is 36.7. The molecule has 20 nitrogen and oxygen atoms in total. The Morgan fingerprint density at radius 1 is 0.354 bits per heavy atom. The summed E-state index contributed by atoms with van der Waals surface area (Å²) in [5.41, 5.74) is 8.39. The summed E-state index contributed by atoms with van der Waals surface area (Å²) in [5.74, 6) is 5.03. The molecule has 14 aliphatic heterocycles. The van der Waals surface area contributed by atoms with Crippen molar-refractivity contribution in [3.8, 4) is 0 Å². The van der Waals surface area contributed by atoms with Crippen molar-refractivity contribution in [2.75, 3.05) is 191 Å². The van der Waals surface area contributed by atoms with Crippen LogP contribution in [0.5, 0.6) is 0 Å². The van der Waals surface area contributed by atoms with Crippen LogP contribution in [0.15, 0.2) is 73.4 Å². The summed E-state index contributed by atoms with van der Waals surface area (Å²) in [6, 6.07) is 19.5. The van der Waals surface area contributed by atoms with E-state index >= 15 is 0 Å². The largest absolute Gasteiger partial charge is 0.373 e. The Bertz CT molecular complexity index is 3970. The van der Waals surface area contributed by atoms with E-state index in [1.807, 2.05) is 44.1 Å². The number of ether oxygens (including phenoxy) is 2. The van der Waals surface area contributed by atoms with E-state index in [-0.39, 0.29) is 5.54 Å². The average molecular weight is 2050 g/mol. The molecule has 15 aliphatic rings. The van der Waals surface area contributed by atoms with Crippen LogP contribution in [0.2, 0.25) is 0 Å². The minimum atomic E-state index is 0.268. The molecule has 17 heterocycles. The Labute approximate surface area is 908 Å². The molecule has 14 saturated heterocycles. The first-order valence-electron chi connectivity index (χ1n) is 60.5. The van der Waals surface area contributed by atoms with Gasteiger partial charge in [0, 0.05) is 233 Å². The van der Waals surface area contributed by atoms with Crippen LogP contribution in [0.3, 0.4) is 0 Å². The Morgan fingerprint density at radius 3 is 1.14 bits per heavy atom. The third-order valence-electron chi connectivity index (χ3n) is 36.7. The summed E-state index contributed by atoms with van der Waals surface area (Å²) in [4.78, 5) is 49.2. The number of likely N-dealkylation sites (N-methyl/N-ethyl adjacent to an activating group) is 3. The molecule has 0 bridgehead atoms. The number of hydrogen-bond acceptors (Lipinski definition) is 20. The molecule has 1 saturated carbocycles. The number of likely N-dealkylation sites (tertiary alicyclic amines) is 12. The number of nitrogens with zero attached hydrogens (tertiary/aromatic N) is 17. The number of nitrogens with one attached hydrogen (secondary N) is 1. The molecule has 0 aromatic carbocycles. The Balaban J connectivity index is 0.000000182. The Morgan fingerprint density at radius 2 is 0.762 bits per heavy atom. The summed E-state index contributed by atoms with van der Waals surface area (Å²) in [5, 5.41) is 3.26. The Kier molecular flexibility index (Phi) is 48.7. The fourth-order valence-corrected chi connectivity index (χ4v) is 26.5. The van der Waals surface area contributed by atoms with Gasteiger partial charge in [0.1, 0.15) is 0 Å².